The van der Waals surface area contributed by atoms with Gasteiger partial charge in [0.15, 0.2) is 0 Å². The van der Waals surface area contributed by atoms with E-state index in [0.717, 1.165) is 19.5 Å². The summed E-state index contributed by atoms with van der Waals surface area (Å²) in [6.45, 7) is 4.04. The molecular weight excluding hydrogens is 246 g/mol. The number of amides is 1. The van der Waals surface area contributed by atoms with E-state index in [1.165, 1.54) is 10.4 Å². The minimum Gasteiger partial charge on any atom is -0.339 e. The number of hydrogen-bond acceptors (Lipinski definition) is 4. The average molecular weight is 263 g/mol. The van der Waals surface area contributed by atoms with Crippen LogP contribution < -0.4 is 5.32 Å². The van der Waals surface area contributed by atoms with E-state index in [2.05, 4.69) is 27.7 Å². The van der Waals surface area contributed by atoms with Crippen LogP contribution >= 0.6 is 11.3 Å². The monoisotopic (exact) mass is 263 g/mol. The fourth-order valence-corrected chi connectivity index (χ4v) is 3.00. The highest BCUT2D eigenvalue weighted by atomic mass is 32.1. The molecule has 1 N–H and O–H groups in total. The fraction of sp³-hybridized carbons (Fsp3) is 0.538. The van der Waals surface area contributed by atoms with Crippen molar-refractivity contribution in [3.8, 4) is 6.07 Å². The molecule has 1 atom stereocenters. The lowest BCUT2D eigenvalue weighted by Crippen LogP contribution is -2.42. The van der Waals surface area contributed by atoms with Crippen LogP contribution in [0.15, 0.2) is 11.4 Å². The molecule has 18 heavy (non-hydrogen) atoms. The van der Waals surface area contributed by atoms with E-state index in [1.54, 1.807) is 11.3 Å². The molecule has 1 aromatic rings. The molecule has 1 aliphatic rings. The zero-order chi connectivity index (χ0) is 13.0. The van der Waals surface area contributed by atoms with Crippen molar-refractivity contribution in [1.82, 2.24) is 10.2 Å². The molecule has 0 fully saturated rings. The highest BCUT2D eigenvalue weighted by Gasteiger charge is 2.20. The maximum Gasteiger partial charge on any atom is 0.235 e. The third kappa shape index (κ3) is 3.09. The Morgan fingerprint density at radius 2 is 2.56 bits per heavy atom. The summed E-state index contributed by atoms with van der Waals surface area (Å²) in [5.41, 5.74) is 1.34. The van der Waals surface area contributed by atoms with Gasteiger partial charge in [-0.1, -0.05) is 6.92 Å². The van der Waals surface area contributed by atoms with Crippen LogP contribution in [0.1, 0.15) is 23.8 Å². The van der Waals surface area contributed by atoms with Crippen LogP contribution in [0.25, 0.3) is 0 Å². The number of fused-ring (bicyclic) bond motifs is 1. The van der Waals surface area contributed by atoms with Crippen molar-refractivity contribution in [2.45, 2.75) is 32.4 Å². The predicted octanol–water partition coefficient (Wildman–Crippen LogP) is 1.52. The first-order valence-corrected chi connectivity index (χ1v) is 7.07. The standard InChI is InChI=1S/C13H17N3OS/c1-2-11(7-14)15-13(17)9-16-5-3-12-10(8-16)4-6-18-12/h4,6,11H,2-3,5,8-9H2,1H3,(H,15,17)/t11-/m1/s1. The van der Waals surface area contributed by atoms with E-state index in [4.69, 9.17) is 5.26 Å². The molecular formula is C13H17N3OS. The number of carbonyl (C=O) groups is 1. The zero-order valence-corrected chi connectivity index (χ0v) is 11.3. The average Bonchev–Trinajstić information content (AvgIpc) is 2.83. The Morgan fingerprint density at radius 3 is 3.28 bits per heavy atom. The van der Waals surface area contributed by atoms with Gasteiger partial charge in [0.1, 0.15) is 6.04 Å². The molecule has 0 saturated heterocycles. The topological polar surface area (TPSA) is 56.1 Å². The number of nitrogens with zero attached hydrogens (tertiary/aromatic N) is 2. The van der Waals surface area contributed by atoms with Gasteiger partial charge in [-0.15, -0.1) is 11.3 Å². The number of thiophene rings is 1. The lowest BCUT2D eigenvalue weighted by molar-refractivity contribution is -0.122. The molecule has 1 aromatic heterocycles. The van der Waals surface area contributed by atoms with Gasteiger partial charge >= 0.3 is 0 Å². The summed E-state index contributed by atoms with van der Waals surface area (Å²) in [7, 11) is 0. The normalized spacial score (nSPS) is 16.7. The van der Waals surface area contributed by atoms with Crippen molar-refractivity contribution in [2.24, 2.45) is 0 Å². The van der Waals surface area contributed by atoms with E-state index in [9.17, 15) is 4.79 Å². The summed E-state index contributed by atoms with van der Waals surface area (Å²) in [4.78, 5) is 15.4. The van der Waals surface area contributed by atoms with E-state index in [1.807, 2.05) is 6.92 Å². The minimum atomic E-state index is -0.362. The van der Waals surface area contributed by atoms with Gasteiger partial charge < -0.3 is 5.32 Å². The quantitative estimate of drug-likeness (QED) is 0.896. The third-order valence-corrected chi connectivity index (χ3v) is 4.18. The van der Waals surface area contributed by atoms with Crippen molar-refractivity contribution in [3.05, 3.63) is 21.9 Å². The number of carbonyl (C=O) groups excluding carboxylic acids is 1. The Labute approximate surface area is 111 Å². The highest BCUT2D eigenvalue weighted by molar-refractivity contribution is 7.10. The van der Waals surface area contributed by atoms with Crippen molar-refractivity contribution in [1.29, 1.82) is 5.26 Å². The lowest BCUT2D eigenvalue weighted by Gasteiger charge is -2.26. The van der Waals surface area contributed by atoms with Gasteiger partial charge in [0.2, 0.25) is 5.91 Å². The third-order valence-electron chi connectivity index (χ3n) is 3.15. The molecule has 0 unspecified atom stereocenters. The first-order chi connectivity index (χ1) is 8.72. The Hall–Kier alpha value is -1.38. The molecule has 96 valence electrons. The molecule has 0 aromatic carbocycles. The Balaban J connectivity index is 1.85. The molecule has 0 bridgehead atoms. The Bertz CT molecular complexity index is 463. The van der Waals surface area contributed by atoms with Crippen LogP contribution in [0, 0.1) is 11.3 Å². The molecule has 5 heteroatoms. The van der Waals surface area contributed by atoms with Gasteiger partial charge in [-0.25, -0.2) is 0 Å². The first kappa shape index (κ1) is 13.1. The number of nitrogens with one attached hydrogen (secondary N) is 1. The van der Waals surface area contributed by atoms with Gasteiger partial charge in [0.05, 0.1) is 12.6 Å². The van der Waals surface area contributed by atoms with Crippen LogP contribution in [0.2, 0.25) is 0 Å². The summed E-state index contributed by atoms with van der Waals surface area (Å²) in [6.07, 6.45) is 1.67. The smallest absolute Gasteiger partial charge is 0.235 e. The van der Waals surface area contributed by atoms with Gasteiger partial charge in [0, 0.05) is 18.0 Å². The molecule has 0 saturated carbocycles. The molecule has 0 radical (unpaired) electrons. The maximum absolute atomic E-state index is 11.8. The summed E-state index contributed by atoms with van der Waals surface area (Å²) in [5.74, 6) is -0.0536. The summed E-state index contributed by atoms with van der Waals surface area (Å²) in [5, 5.41) is 13.7. The number of rotatable bonds is 4. The van der Waals surface area contributed by atoms with Crippen molar-refractivity contribution in [3.63, 3.8) is 0 Å². The van der Waals surface area contributed by atoms with Gasteiger partial charge in [-0.2, -0.15) is 5.26 Å². The molecule has 1 amide bonds. The minimum absolute atomic E-state index is 0.0536. The maximum atomic E-state index is 11.8. The second-order valence-corrected chi connectivity index (χ2v) is 5.49. The van der Waals surface area contributed by atoms with Crippen LogP contribution in [-0.4, -0.2) is 29.9 Å². The summed E-state index contributed by atoms with van der Waals surface area (Å²) < 4.78 is 0. The van der Waals surface area contributed by atoms with Crippen molar-refractivity contribution >= 4 is 17.2 Å². The van der Waals surface area contributed by atoms with E-state index in [0.29, 0.717) is 13.0 Å². The van der Waals surface area contributed by atoms with Crippen LogP contribution in [0.5, 0.6) is 0 Å². The lowest BCUT2D eigenvalue weighted by atomic mass is 10.1. The van der Waals surface area contributed by atoms with Gasteiger partial charge in [-0.05, 0) is 29.9 Å². The second kappa shape index (κ2) is 5.98. The van der Waals surface area contributed by atoms with E-state index < -0.39 is 0 Å². The van der Waals surface area contributed by atoms with E-state index >= 15 is 0 Å². The Morgan fingerprint density at radius 1 is 1.72 bits per heavy atom. The Kier molecular flexibility index (Phi) is 4.34. The van der Waals surface area contributed by atoms with Crippen LogP contribution in [-0.2, 0) is 17.8 Å². The van der Waals surface area contributed by atoms with Gasteiger partial charge in [0.25, 0.3) is 0 Å². The largest absolute Gasteiger partial charge is 0.339 e. The molecule has 1 aliphatic heterocycles. The first-order valence-electron chi connectivity index (χ1n) is 6.19. The summed E-state index contributed by atoms with van der Waals surface area (Å²) in [6, 6.07) is 3.85. The second-order valence-electron chi connectivity index (χ2n) is 4.49. The highest BCUT2D eigenvalue weighted by Crippen LogP contribution is 2.23. The van der Waals surface area contributed by atoms with Crippen LogP contribution in [0.3, 0.4) is 0 Å². The van der Waals surface area contributed by atoms with Crippen LogP contribution in [0.4, 0.5) is 0 Å². The SMILES string of the molecule is CC[C@H](C#N)NC(=O)CN1CCc2sccc2C1. The number of nitriles is 1. The molecule has 0 aliphatic carbocycles. The molecule has 0 spiro atoms. The van der Waals surface area contributed by atoms with Crippen molar-refractivity contribution in [2.75, 3.05) is 13.1 Å². The number of hydrogen-bond donors (Lipinski definition) is 1. The van der Waals surface area contributed by atoms with Crippen molar-refractivity contribution < 1.29 is 4.79 Å². The molecule has 2 rings (SSSR count). The summed E-state index contributed by atoms with van der Waals surface area (Å²) >= 11 is 1.79. The molecule has 4 nitrogen and oxygen atoms in total. The predicted molar refractivity (Wildman–Crippen MR) is 71.1 cm³/mol. The molecule has 2 heterocycles. The van der Waals surface area contributed by atoms with E-state index in [-0.39, 0.29) is 11.9 Å². The van der Waals surface area contributed by atoms with Gasteiger partial charge in [-0.3, -0.25) is 9.69 Å². The fourth-order valence-electron chi connectivity index (χ4n) is 2.11. The zero-order valence-electron chi connectivity index (χ0n) is 10.5.